The molecule has 9 N–H and O–H groups in total. The number of halogens is 2. The van der Waals surface area contributed by atoms with Gasteiger partial charge >= 0.3 is 7.82 Å². The monoisotopic (exact) mass is 503 g/mol. The lowest BCUT2D eigenvalue weighted by Gasteiger charge is -2.53. The highest BCUT2D eigenvalue weighted by molar-refractivity contribution is 9.10. The number of phosphoric ester groups is 1. The number of nitrogens with one attached hydrogen (secondary N) is 1. The standard InChI is InChI=1S/C14H16BrClNO10P/c15-5-1-2-6-7(8(5)16)4(3-17-6)13(22)11(20)9(18)10(19)12(21)14(13,23)27-28(24,25)26/h1-3,9-12,17-23H,(H2,24,25,26)/t9-,10-,11+,12-,13+,14-/m1/s1. The van der Waals surface area contributed by atoms with E-state index < -0.39 is 49.2 Å². The minimum atomic E-state index is -5.60. The lowest BCUT2D eigenvalue weighted by atomic mass is 9.68. The predicted octanol–water partition coefficient (Wildman–Crippen LogP) is -0.973. The maximum Gasteiger partial charge on any atom is 0.472 e. The quantitative estimate of drug-likeness (QED) is 0.185. The Morgan fingerprint density at radius 1 is 1.11 bits per heavy atom. The molecule has 1 heterocycles. The summed E-state index contributed by atoms with van der Waals surface area (Å²) in [5.41, 5.74) is -3.42. The molecule has 3 rings (SSSR count). The minimum absolute atomic E-state index is 0.0129. The van der Waals surface area contributed by atoms with Crippen LogP contribution in [-0.2, 0) is 14.7 Å². The summed E-state index contributed by atoms with van der Waals surface area (Å²) < 4.78 is 16.0. The molecule has 1 aromatic carbocycles. The number of hydrogen-bond acceptors (Lipinski definition) is 8. The van der Waals surface area contributed by atoms with Gasteiger partial charge < -0.3 is 45.4 Å². The Bertz CT molecular complexity index is 967. The van der Waals surface area contributed by atoms with E-state index in [1.807, 2.05) is 0 Å². The van der Waals surface area contributed by atoms with Gasteiger partial charge in [-0.1, -0.05) is 11.6 Å². The largest absolute Gasteiger partial charge is 0.472 e. The van der Waals surface area contributed by atoms with Gasteiger partial charge in [0.25, 0.3) is 0 Å². The van der Waals surface area contributed by atoms with Crippen molar-refractivity contribution in [3.63, 3.8) is 0 Å². The first-order valence-electron chi connectivity index (χ1n) is 7.64. The first-order chi connectivity index (χ1) is 12.8. The molecule has 1 fully saturated rings. The highest BCUT2D eigenvalue weighted by atomic mass is 79.9. The van der Waals surface area contributed by atoms with Crippen LogP contribution < -0.4 is 0 Å². The maximum atomic E-state index is 11.4. The van der Waals surface area contributed by atoms with Crippen LogP contribution in [0.1, 0.15) is 5.56 Å². The topological polar surface area (TPSA) is 204 Å². The summed E-state index contributed by atoms with van der Waals surface area (Å²) in [6, 6.07) is 3.04. The fourth-order valence-electron chi connectivity index (χ4n) is 3.40. The molecule has 6 atom stereocenters. The smallest absolute Gasteiger partial charge is 0.387 e. The first kappa shape index (κ1) is 22.1. The Hall–Kier alpha value is -0.600. The van der Waals surface area contributed by atoms with Crippen LogP contribution in [0.2, 0.25) is 5.02 Å². The van der Waals surface area contributed by atoms with Gasteiger partial charge in [0.05, 0.1) is 5.02 Å². The van der Waals surface area contributed by atoms with Crippen LogP contribution >= 0.6 is 35.4 Å². The highest BCUT2D eigenvalue weighted by Gasteiger charge is 2.71. The molecule has 2 aromatic rings. The van der Waals surface area contributed by atoms with E-state index in [2.05, 4.69) is 25.4 Å². The van der Waals surface area contributed by atoms with Crippen molar-refractivity contribution < 1.29 is 49.5 Å². The van der Waals surface area contributed by atoms with Gasteiger partial charge in [-0.3, -0.25) is 0 Å². The molecule has 0 bridgehead atoms. The maximum absolute atomic E-state index is 11.4. The molecule has 14 heteroatoms. The Morgan fingerprint density at radius 2 is 1.68 bits per heavy atom. The normalized spacial score (nSPS) is 36.8. The molecule has 0 saturated heterocycles. The fourth-order valence-corrected chi connectivity index (χ4v) is 4.61. The van der Waals surface area contributed by atoms with Crippen LogP contribution in [0.3, 0.4) is 0 Å². The van der Waals surface area contributed by atoms with Gasteiger partial charge in [0.2, 0.25) is 5.79 Å². The van der Waals surface area contributed by atoms with E-state index in [1.54, 1.807) is 0 Å². The Labute approximate surface area is 170 Å². The summed E-state index contributed by atoms with van der Waals surface area (Å²) >= 11 is 9.37. The van der Waals surface area contributed by atoms with Gasteiger partial charge in [-0.2, -0.15) is 0 Å². The van der Waals surface area contributed by atoms with Crippen molar-refractivity contribution in [2.24, 2.45) is 0 Å². The number of aromatic nitrogens is 1. The summed E-state index contributed by atoms with van der Waals surface area (Å²) in [5.74, 6) is -3.65. The van der Waals surface area contributed by atoms with Gasteiger partial charge in [-0.15, -0.1) is 0 Å². The molecule has 28 heavy (non-hydrogen) atoms. The summed E-state index contributed by atoms with van der Waals surface area (Å²) in [4.78, 5) is 21.0. The highest BCUT2D eigenvalue weighted by Crippen LogP contribution is 2.55. The lowest BCUT2D eigenvalue weighted by Crippen LogP contribution is -2.76. The van der Waals surface area contributed by atoms with Gasteiger partial charge in [0.15, 0.2) is 5.60 Å². The number of benzene rings is 1. The molecular weight excluding hydrogens is 488 g/mol. The SMILES string of the molecule is O=P(O)(O)O[C@]1(O)[C@H](O)[C@H](O)[C@@H](O)[C@H](O)[C@@]1(O)c1c[nH]c2ccc(Br)c(Cl)c12. The van der Waals surface area contributed by atoms with Crippen LogP contribution in [0, 0.1) is 0 Å². The van der Waals surface area contributed by atoms with Crippen LogP contribution in [0.25, 0.3) is 10.9 Å². The number of rotatable bonds is 3. The number of aromatic amines is 1. The molecule has 1 aromatic heterocycles. The van der Waals surface area contributed by atoms with Gasteiger partial charge in [-0.25, -0.2) is 9.09 Å². The molecule has 1 aliphatic carbocycles. The summed E-state index contributed by atoms with van der Waals surface area (Å²) in [6.07, 6.45) is -8.61. The molecule has 0 unspecified atom stereocenters. The predicted molar refractivity (Wildman–Crippen MR) is 97.0 cm³/mol. The number of phosphoric acid groups is 1. The summed E-state index contributed by atoms with van der Waals surface area (Å²) in [6.45, 7) is 0. The number of fused-ring (bicyclic) bond motifs is 1. The van der Waals surface area contributed by atoms with Crippen molar-refractivity contribution in [1.29, 1.82) is 0 Å². The van der Waals surface area contributed by atoms with E-state index in [-0.39, 0.29) is 15.9 Å². The molecule has 0 radical (unpaired) electrons. The van der Waals surface area contributed by atoms with E-state index in [9.17, 15) is 45.0 Å². The molecular formula is C14H16BrClNO10P. The zero-order valence-electron chi connectivity index (χ0n) is 13.6. The Balaban J connectivity index is 2.36. The Kier molecular flexibility index (Phi) is 5.51. The van der Waals surface area contributed by atoms with E-state index in [4.69, 9.17) is 11.6 Å². The first-order valence-corrected chi connectivity index (χ1v) is 10.3. The zero-order valence-corrected chi connectivity index (χ0v) is 16.9. The zero-order chi connectivity index (χ0) is 21.2. The average molecular weight is 505 g/mol. The lowest BCUT2D eigenvalue weighted by molar-refractivity contribution is -0.382. The second-order valence-corrected chi connectivity index (χ2v) is 8.80. The van der Waals surface area contributed by atoms with E-state index in [0.29, 0.717) is 4.47 Å². The minimum Gasteiger partial charge on any atom is -0.387 e. The number of hydrogen-bond donors (Lipinski definition) is 9. The number of aliphatic hydroxyl groups excluding tert-OH is 4. The number of aliphatic hydroxyl groups is 6. The number of H-pyrrole nitrogens is 1. The van der Waals surface area contributed by atoms with Crippen molar-refractivity contribution in [3.05, 3.63) is 33.4 Å². The summed E-state index contributed by atoms with van der Waals surface area (Å²) in [5, 5.41) is 62.7. The van der Waals surface area contributed by atoms with Crippen LogP contribution in [-0.4, -0.2) is 75.6 Å². The third-order valence-corrected chi connectivity index (χ3v) is 6.57. The second-order valence-electron chi connectivity index (χ2n) is 6.40. The fraction of sp³-hybridized carbons (Fsp3) is 0.429. The van der Waals surface area contributed by atoms with Gasteiger partial charge in [0, 0.05) is 27.1 Å². The van der Waals surface area contributed by atoms with Crippen molar-refractivity contribution in [1.82, 2.24) is 4.98 Å². The van der Waals surface area contributed by atoms with E-state index in [1.165, 1.54) is 12.1 Å². The van der Waals surface area contributed by atoms with Crippen molar-refractivity contribution in [2.45, 2.75) is 35.8 Å². The Morgan fingerprint density at radius 3 is 2.25 bits per heavy atom. The molecule has 0 spiro atoms. The van der Waals surface area contributed by atoms with E-state index in [0.717, 1.165) is 6.20 Å². The van der Waals surface area contributed by atoms with Crippen molar-refractivity contribution in [3.8, 4) is 0 Å². The second kappa shape index (κ2) is 6.98. The van der Waals surface area contributed by atoms with Crippen LogP contribution in [0.15, 0.2) is 22.8 Å². The molecule has 1 saturated carbocycles. The molecule has 11 nitrogen and oxygen atoms in total. The van der Waals surface area contributed by atoms with Crippen LogP contribution in [0.5, 0.6) is 0 Å². The molecule has 1 aliphatic rings. The molecule has 0 aliphatic heterocycles. The molecule has 0 amide bonds. The van der Waals surface area contributed by atoms with Gasteiger partial charge in [0.1, 0.15) is 24.4 Å². The van der Waals surface area contributed by atoms with Crippen molar-refractivity contribution in [2.75, 3.05) is 0 Å². The third kappa shape index (κ3) is 3.05. The van der Waals surface area contributed by atoms with Crippen molar-refractivity contribution >= 4 is 46.3 Å². The van der Waals surface area contributed by atoms with E-state index >= 15 is 0 Å². The average Bonchev–Trinajstić information content (AvgIpc) is 3.04. The van der Waals surface area contributed by atoms with Crippen LogP contribution in [0.4, 0.5) is 0 Å². The third-order valence-electron chi connectivity index (χ3n) is 4.78. The molecule has 156 valence electrons. The van der Waals surface area contributed by atoms with Gasteiger partial charge in [-0.05, 0) is 28.1 Å². The summed E-state index contributed by atoms with van der Waals surface area (Å²) in [7, 11) is -5.60.